The van der Waals surface area contributed by atoms with Crippen LogP contribution in [0.4, 0.5) is 0 Å². The fraction of sp³-hybridized carbons (Fsp3) is 0.235. The molecule has 0 radical (unpaired) electrons. The molecule has 0 aliphatic rings. The van der Waals surface area contributed by atoms with Gasteiger partial charge >= 0.3 is 0 Å². The summed E-state index contributed by atoms with van der Waals surface area (Å²) >= 11 is 2.23. The largest absolute Gasteiger partial charge is 0.289 e. The Morgan fingerprint density at radius 1 is 1.05 bits per heavy atom. The van der Waals surface area contributed by atoms with Crippen LogP contribution in [0, 0.1) is 9.49 Å². The standard InChI is InChI=1S/C17H17IO/c1-12(2)9-13-5-3-6-14(10-13)17(19)15-7-4-8-16(18)11-15/h3-8,10-12H,9H2,1-2H3. The molecule has 19 heavy (non-hydrogen) atoms. The fourth-order valence-corrected chi connectivity index (χ4v) is 2.65. The zero-order valence-electron chi connectivity index (χ0n) is 11.2. The Balaban J connectivity index is 2.29. The predicted molar refractivity (Wildman–Crippen MR) is 87.6 cm³/mol. The molecule has 0 heterocycles. The Bertz CT molecular complexity index is 587. The lowest BCUT2D eigenvalue weighted by Gasteiger charge is -2.07. The van der Waals surface area contributed by atoms with E-state index in [9.17, 15) is 4.79 Å². The fourth-order valence-electron chi connectivity index (χ4n) is 2.11. The third kappa shape index (κ3) is 3.90. The van der Waals surface area contributed by atoms with Crippen molar-refractivity contribution in [3.63, 3.8) is 0 Å². The third-order valence-corrected chi connectivity index (χ3v) is 3.59. The molecule has 2 rings (SSSR count). The molecule has 0 aliphatic heterocycles. The molecule has 0 spiro atoms. The number of hydrogen-bond donors (Lipinski definition) is 0. The van der Waals surface area contributed by atoms with Crippen molar-refractivity contribution in [2.45, 2.75) is 20.3 Å². The molecule has 2 heteroatoms. The van der Waals surface area contributed by atoms with Crippen LogP contribution in [0.2, 0.25) is 0 Å². The lowest BCUT2D eigenvalue weighted by atomic mass is 9.97. The summed E-state index contributed by atoms with van der Waals surface area (Å²) in [5, 5.41) is 0. The van der Waals surface area contributed by atoms with Crippen LogP contribution >= 0.6 is 22.6 Å². The lowest BCUT2D eigenvalue weighted by molar-refractivity contribution is 0.103. The summed E-state index contributed by atoms with van der Waals surface area (Å²) in [6.07, 6.45) is 1.01. The van der Waals surface area contributed by atoms with Gasteiger partial charge in [0.1, 0.15) is 0 Å². The second-order valence-corrected chi connectivity index (χ2v) is 6.38. The summed E-state index contributed by atoms with van der Waals surface area (Å²) in [4.78, 5) is 12.4. The minimum absolute atomic E-state index is 0.101. The summed E-state index contributed by atoms with van der Waals surface area (Å²) in [7, 11) is 0. The third-order valence-electron chi connectivity index (χ3n) is 2.92. The van der Waals surface area contributed by atoms with Crippen LogP contribution < -0.4 is 0 Å². The molecular formula is C17H17IO. The van der Waals surface area contributed by atoms with Crippen molar-refractivity contribution < 1.29 is 4.79 Å². The van der Waals surface area contributed by atoms with E-state index in [-0.39, 0.29) is 5.78 Å². The van der Waals surface area contributed by atoms with Crippen molar-refractivity contribution in [3.05, 3.63) is 68.8 Å². The monoisotopic (exact) mass is 364 g/mol. The maximum absolute atomic E-state index is 12.4. The van der Waals surface area contributed by atoms with Crippen molar-refractivity contribution in [2.75, 3.05) is 0 Å². The molecule has 0 amide bonds. The van der Waals surface area contributed by atoms with Crippen LogP contribution in [-0.4, -0.2) is 5.78 Å². The van der Waals surface area contributed by atoms with Crippen LogP contribution in [0.3, 0.4) is 0 Å². The molecule has 0 bridgehead atoms. The van der Waals surface area contributed by atoms with Gasteiger partial charge in [0.25, 0.3) is 0 Å². The van der Waals surface area contributed by atoms with Crippen molar-refractivity contribution in [1.82, 2.24) is 0 Å². The van der Waals surface area contributed by atoms with Crippen molar-refractivity contribution in [1.29, 1.82) is 0 Å². The molecule has 2 aromatic rings. The maximum atomic E-state index is 12.4. The van der Waals surface area contributed by atoms with Gasteiger partial charge in [0.2, 0.25) is 0 Å². The summed E-state index contributed by atoms with van der Waals surface area (Å²) < 4.78 is 1.08. The van der Waals surface area contributed by atoms with Gasteiger partial charge in [-0.3, -0.25) is 4.79 Å². The van der Waals surface area contributed by atoms with Crippen LogP contribution in [0.15, 0.2) is 48.5 Å². The smallest absolute Gasteiger partial charge is 0.193 e. The lowest BCUT2D eigenvalue weighted by Crippen LogP contribution is -2.03. The van der Waals surface area contributed by atoms with E-state index in [4.69, 9.17) is 0 Å². The SMILES string of the molecule is CC(C)Cc1cccc(C(=O)c2cccc(I)c2)c1. The Morgan fingerprint density at radius 3 is 2.32 bits per heavy atom. The van der Waals surface area contributed by atoms with Crippen molar-refractivity contribution in [2.24, 2.45) is 5.92 Å². The number of carbonyl (C=O) groups excluding carboxylic acids is 1. The van der Waals surface area contributed by atoms with Gasteiger partial charge < -0.3 is 0 Å². The first kappa shape index (κ1) is 14.3. The highest BCUT2D eigenvalue weighted by molar-refractivity contribution is 14.1. The first-order valence-electron chi connectivity index (χ1n) is 6.45. The number of hydrogen-bond acceptors (Lipinski definition) is 1. The zero-order valence-corrected chi connectivity index (χ0v) is 13.3. The van der Waals surface area contributed by atoms with Crippen molar-refractivity contribution in [3.8, 4) is 0 Å². The summed E-state index contributed by atoms with van der Waals surface area (Å²) in [5.41, 5.74) is 2.76. The molecule has 0 saturated heterocycles. The van der Waals surface area contributed by atoms with Gasteiger partial charge in [0, 0.05) is 14.7 Å². The first-order chi connectivity index (χ1) is 9.06. The zero-order chi connectivity index (χ0) is 13.8. The predicted octanol–water partition coefficient (Wildman–Crippen LogP) is 4.72. The highest BCUT2D eigenvalue weighted by atomic mass is 127. The Hall–Kier alpha value is -1.16. The summed E-state index contributed by atoms with van der Waals surface area (Å²) in [6.45, 7) is 4.38. The van der Waals surface area contributed by atoms with E-state index in [0.29, 0.717) is 5.92 Å². The molecule has 0 unspecified atom stereocenters. The van der Waals surface area contributed by atoms with Gasteiger partial charge in [-0.25, -0.2) is 0 Å². The Morgan fingerprint density at radius 2 is 1.68 bits per heavy atom. The molecule has 1 nitrogen and oxygen atoms in total. The van der Waals surface area contributed by atoms with E-state index in [1.165, 1.54) is 5.56 Å². The number of carbonyl (C=O) groups is 1. The van der Waals surface area contributed by atoms with E-state index in [1.54, 1.807) is 0 Å². The number of halogens is 1. The van der Waals surface area contributed by atoms with Gasteiger partial charge in [0.05, 0.1) is 0 Å². The van der Waals surface area contributed by atoms with Gasteiger partial charge in [-0.1, -0.05) is 44.2 Å². The minimum Gasteiger partial charge on any atom is -0.289 e. The van der Waals surface area contributed by atoms with Crippen LogP contribution in [0.1, 0.15) is 35.3 Å². The topological polar surface area (TPSA) is 17.1 Å². The van der Waals surface area contributed by atoms with E-state index in [0.717, 1.165) is 21.1 Å². The van der Waals surface area contributed by atoms with Gasteiger partial charge in [0.15, 0.2) is 5.78 Å². The van der Waals surface area contributed by atoms with Crippen LogP contribution in [0.25, 0.3) is 0 Å². The molecule has 0 aromatic heterocycles. The number of benzene rings is 2. The van der Waals surface area contributed by atoms with Gasteiger partial charge in [-0.2, -0.15) is 0 Å². The molecule has 2 aromatic carbocycles. The van der Waals surface area contributed by atoms with E-state index in [2.05, 4.69) is 42.5 Å². The molecule has 0 atom stereocenters. The molecule has 98 valence electrons. The normalized spacial score (nSPS) is 10.7. The van der Waals surface area contributed by atoms with Crippen molar-refractivity contribution >= 4 is 28.4 Å². The maximum Gasteiger partial charge on any atom is 0.193 e. The second-order valence-electron chi connectivity index (χ2n) is 5.14. The quantitative estimate of drug-likeness (QED) is 0.567. The summed E-state index contributed by atoms with van der Waals surface area (Å²) in [5.74, 6) is 0.701. The average Bonchev–Trinajstić information content (AvgIpc) is 2.37. The van der Waals surface area contributed by atoms with Gasteiger partial charge in [-0.15, -0.1) is 0 Å². The number of rotatable bonds is 4. The molecular weight excluding hydrogens is 347 g/mol. The highest BCUT2D eigenvalue weighted by Crippen LogP contribution is 2.16. The van der Waals surface area contributed by atoms with Crippen LogP contribution in [0.5, 0.6) is 0 Å². The molecule has 0 fully saturated rings. The molecule has 0 N–H and O–H groups in total. The summed E-state index contributed by atoms with van der Waals surface area (Å²) in [6, 6.07) is 15.7. The Labute approximate surface area is 128 Å². The highest BCUT2D eigenvalue weighted by Gasteiger charge is 2.10. The second kappa shape index (κ2) is 6.33. The molecule has 0 aliphatic carbocycles. The van der Waals surface area contributed by atoms with E-state index < -0.39 is 0 Å². The van der Waals surface area contributed by atoms with Gasteiger partial charge in [-0.05, 0) is 58.7 Å². The Kier molecular flexibility index (Phi) is 4.75. The first-order valence-corrected chi connectivity index (χ1v) is 7.53. The average molecular weight is 364 g/mol. The molecule has 0 saturated carbocycles. The minimum atomic E-state index is 0.101. The number of ketones is 1. The van der Waals surface area contributed by atoms with Crippen LogP contribution in [-0.2, 0) is 6.42 Å². The van der Waals surface area contributed by atoms with E-state index in [1.807, 2.05) is 42.5 Å². The van der Waals surface area contributed by atoms with E-state index >= 15 is 0 Å².